The summed E-state index contributed by atoms with van der Waals surface area (Å²) >= 11 is 1.75. The summed E-state index contributed by atoms with van der Waals surface area (Å²) in [6.07, 6.45) is 3.18. The molecule has 1 aromatic heterocycles. The summed E-state index contributed by atoms with van der Waals surface area (Å²) in [5.74, 6) is 0.722. The topological polar surface area (TPSA) is 51.3 Å². The molecule has 3 rings (SSSR count). The molecule has 4 heteroatoms. The van der Waals surface area contributed by atoms with Crippen LogP contribution < -0.4 is 5.73 Å². The van der Waals surface area contributed by atoms with Crippen LogP contribution in [0.5, 0.6) is 0 Å². The lowest BCUT2D eigenvalue weighted by Gasteiger charge is -2.17. The van der Waals surface area contributed by atoms with Gasteiger partial charge in [-0.25, -0.2) is 4.98 Å². The van der Waals surface area contributed by atoms with Crippen LogP contribution in [0, 0.1) is 5.92 Å². The van der Waals surface area contributed by atoms with Crippen LogP contribution in [0.4, 0.5) is 0 Å². The van der Waals surface area contributed by atoms with Crippen LogP contribution in [0.1, 0.15) is 37.3 Å². The minimum atomic E-state index is 0.166. The van der Waals surface area contributed by atoms with Gasteiger partial charge >= 0.3 is 0 Å². The molecule has 0 radical (unpaired) electrons. The first-order valence-electron chi connectivity index (χ1n) is 7.30. The van der Waals surface area contributed by atoms with Gasteiger partial charge in [0.2, 0.25) is 0 Å². The molecule has 20 heavy (non-hydrogen) atoms. The average molecular weight is 287 g/mol. The highest BCUT2D eigenvalue weighted by atomic mass is 32.1. The molecule has 2 heterocycles. The largest absolute Gasteiger partial charge is 0.328 e. The van der Waals surface area contributed by atoms with Crippen molar-refractivity contribution in [1.29, 1.82) is 0 Å². The number of benzene rings is 1. The molecule has 2 atom stereocenters. The highest BCUT2D eigenvalue weighted by Gasteiger charge is 2.14. The van der Waals surface area contributed by atoms with Crippen LogP contribution in [0.3, 0.4) is 0 Å². The number of hydrogen-bond acceptors (Lipinski definition) is 4. The van der Waals surface area contributed by atoms with E-state index in [9.17, 15) is 0 Å². The fourth-order valence-electron chi connectivity index (χ4n) is 2.57. The van der Waals surface area contributed by atoms with Crippen LogP contribution in [0.25, 0.3) is 10.2 Å². The maximum atomic E-state index is 5.85. The Hall–Kier alpha value is -1.26. The van der Waals surface area contributed by atoms with E-state index in [4.69, 9.17) is 15.7 Å². The van der Waals surface area contributed by atoms with Crippen molar-refractivity contribution in [3.63, 3.8) is 0 Å². The molecule has 3 nitrogen and oxygen atoms in total. The van der Waals surface area contributed by atoms with Crippen molar-refractivity contribution in [3.05, 3.63) is 28.8 Å². The van der Waals surface area contributed by atoms with Gasteiger partial charge in [-0.2, -0.15) is 0 Å². The first-order valence-corrected chi connectivity index (χ1v) is 8.12. The molecule has 0 amide bonds. The predicted octanol–water partition coefficient (Wildman–Crippen LogP) is 3.41. The summed E-state index contributed by atoms with van der Waals surface area (Å²) in [6.45, 7) is 5.25. The fraction of sp³-hybridized carbons (Fsp3) is 0.500. The first kappa shape index (κ1) is 13.7. The van der Waals surface area contributed by atoms with E-state index in [-0.39, 0.29) is 6.04 Å². The number of fused-ring (bicyclic) bond motifs is 1. The molecule has 1 aliphatic rings. The van der Waals surface area contributed by atoms with Crippen LogP contribution in [-0.2, 0) is 6.42 Å². The Kier molecular flexibility index (Phi) is 3.85. The molecule has 0 aliphatic carbocycles. The van der Waals surface area contributed by atoms with Gasteiger partial charge in [0.25, 0.3) is 0 Å². The Balaban J connectivity index is 1.90. The van der Waals surface area contributed by atoms with Crippen molar-refractivity contribution < 1.29 is 0 Å². The van der Waals surface area contributed by atoms with Crippen molar-refractivity contribution in [1.82, 2.24) is 4.98 Å². The SMILES string of the molecule is CC(N)Cc1nc2cc(C3=NC[C@@H](C)CC3)ccc2s1. The third kappa shape index (κ3) is 2.91. The quantitative estimate of drug-likeness (QED) is 0.940. The summed E-state index contributed by atoms with van der Waals surface area (Å²) in [5, 5.41) is 1.13. The van der Waals surface area contributed by atoms with Crippen LogP contribution in [0.15, 0.2) is 23.2 Å². The Bertz CT molecular complexity index is 642. The maximum Gasteiger partial charge on any atom is 0.0953 e. The van der Waals surface area contributed by atoms with Gasteiger partial charge in [-0.3, -0.25) is 4.99 Å². The van der Waals surface area contributed by atoms with E-state index in [2.05, 4.69) is 25.1 Å². The number of thiazole rings is 1. The number of aliphatic imine (C=N–C) groups is 1. The van der Waals surface area contributed by atoms with Crippen molar-refractivity contribution in [2.75, 3.05) is 6.54 Å². The molecule has 1 unspecified atom stereocenters. The minimum Gasteiger partial charge on any atom is -0.328 e. The Morgan fingerprint density at radius 3 is 3.00 bits per heavy atom. The molecule has 1 aromatic carbocycles. The van der Waals surface area contributed by atoms with Gasteiger partial charge in [-0.1, -0.05) is 13.0 Å². The summed E-state index contributed by atoms with van der Waals surface area (Å²) < 4.78 is 1.24. The van der Waals surface area contributed by atoms with Crippen LogP contribution in [0.2, 0.25) is 0 Å². The monoisotopic (exact) mass is 287 g/mol. The summed E-state index contributed by atoms with van der Waals surface area (Å²) in [7, 11) is 0. The lowest BCUT2D eigenvalue weighted by molar-refractivity contribution is 0.538. The zero-order chi connectivity index (χ0) is 14.1. The van der Waals surface area contributed by atoms with Gasteiger partial charge in [0, 0.05) is 24.7 Å². The van der Waals surface area contributed by atoms with E-state index in [0.717, 1.165) is 35.8 Å². The zero-order valence-electron chi connectivity index (χ0n) is 12.1. The minimum absolute atomic E-state index is 0.166. The summed E-state index contributed by atoms with van der Waals surface area (Å²) in [5.41, 5.74) is 9.42. The Morgan fingerprint density at radius 2 is 2.30 bits per heavy atom. The van der Waals surface area contributed by atoms with Gasteiger partial charge in [0.15, 0.2) is 0 Å². The third-order valence-corrected chi connectivity index (χ3v) is 4.79. The molecule has 0 saturated carbocycles. The second-order valence-electron chi connectivity index (χ2n) is 5.90. The van der Waals surface area contributed by atoms with Crippen molar-refractivity contribution >= 4 is 27.3 Å². The van der Waals surface area contributed by atoms with Gasteiger partial charge in [0.1, 0.15) is 0 Å². The van der Waals surface area contributed by atoms with Crippen molar-refractivity contribution in [2.45, 2.75) is 39.2 Å². The van der Waals surface area contributed by atoms with Crippen LogP contribution in [-0.4, -0.2) is 23.3 Å². The molecule has 0 fully saturated rings. The van der Waals surface area contributed by atoms with E-state index in [1.54, 1.807) is 11.3 Å². The average Bonchev–Trinajstić information content (AvgIpc) is 2.79. The lowest BCUT2D eigenvalue weighted by Crippen LogP contribution is -2.17. The second kappa shape index (κ2) is 5.62. The number of nitrogens with two attached hydrogens (primary N) is 1. The Morgan fingerprint density at radius 1 is 1.45 bits per heavy atom. The van der Waals surface area contributed by atoms with E-state index in [1.807, 2.05) is 6.92 Å². The fourth-order valence-corrected chi connectivity index (χ4v) is 3.66. The molecule has 0 saturated heterocycles. The second-order valence-corrected chi connectivity index (χ2v) is 7.02. The van der Waals surface area contributed by atoms with Crippen molar-refractivity contribution in [3.8, 4) is 0 Å². The molecule has 106 valence electrons. The molecule has 1 aliphatic heterocycles. The molecule has 0 bridgehead atoms. The Labute approximate surface area is 123 Å². The lowest BCUT2D eigenvalue weighted by atomic mass is 9.96. The summed E-state index contributed by atoms with van der Waals surface area (Å²) in [4.78, 5) is 9.42. The van der Waals surface area contributed by atoms with Crippen LogP contribution >= 0.6 is 11.3 Å². The van der Waals surface area contributed by atoms with Gasteiger partial charge in [0.05, 0.1) is 15.2 Å². The normalized spacial score (nSPS) is 20.9. The predicted molar refractivity (Wildman–Crippen MR) is 86.8 cm³/mol. The summed E-state index contributed by atoms with van der Waals surface area (Å²) in [6, 6.07) is 6.71. The number of aromatic nitrogens is 1. The van der Waals surface area contributed by atoms with Gasteiger partial charge in [-0.15, -0.1) is 11.3 Å². The molecule has 0 spiro atoms. The van der Waals surface area contributed by atoms with Gasteiger partial charge in [-0.05, 0) is 43.4 Å². The standard InChI is InChI=1S/C16H21N3S/c1-10-3-5-13(18-9-10)12-4-6-15-14(8-12)19-16(20-15)7-11(2)17/h4,6,8,10-11H,3,5,7,9,17H2,1-2H3/t10-,11?/m0/s1. The van der Waals surface area contributed by atoms with E-state index in [0.29, 0.717) is 0 Å². The number of nitrogens with zero attached hydrogens (tertiary/aromatic N) is 2. The number of hydrogen-bond donors (Lipinski definition) is 1. The smallest absolute Gasteiger partial charge is 0.0953 e. The molecule has 2 N–H and O–H groups in total. The van der Waals surface area contributed by atoms with E-state index in [1.165, 1.54) is 22.4 Å². The molecular formula is C16H21N3S. The zero-order valence-corrected chi connectivity index (χ0v) is 12.9. The highest BCUT2D eigenvalue weighted by molar-refractivity contribution is 7.18. The number of rotatable bonds is 3. The van der Waals surface area contributed by atoms with Crippen molar-refractivity contribution in [2.24, 2.45) is 16.6 Å². The maximum absolute atomic E-state index is 5.85. The first-order chi connectivity index (χ1) is 9.61. The van der Waals surface area contributed by atoms with E-state index < -0.39 is 0 Å². The molecule has 2 aromatic rings. The third-order valence-electron chi connectivity index (χ3n) is 3.73. The van der Waals surface area contributed by atoms with E-state index >= 15 is 0 Å². The van der Waals surface area contributed by atoms with Gasteiger partial charge < -0.3 is 5.73 Å². The molecular weight excluding hydrogens is 266 g/mol. The highest BCUT2D eigenvalue weighted by Crippen LogP contribution is 2.26.